The molecule has 0 aromatic heterocycles. The molecule has 0 radical (unpaired) electrons. The Kier molecular flexibility index (Phi) is 3.93. The average molecular weight is 258 g/mol. The Hall–Kier alpha value is -0.750. The first-order valence-electron chi connectivity index (χ1n) is 6.04. The summed E-state index contributed by atoms with van der Waals surface area (Å²) >= 11 is 1.65. The van der Waals surface area contributed by atoms with Crippen molar-refractivity contribution >= 4 is 23.6 Å². The van der Waals surface area contributed by atoms with Gasteiger partial charge in [-0.25, -0.2) is 4.79 Å². The topological polar surface area (TPSA) is 83.6 Å². The molecule has 0 aromatic rings. The summed E-state index contributed by atoms with van der Waals surface area (Å²) in [7, 11) is 0. The average Bonchev–Trinajstić information content (AvgIpc) is 2.57. The fourth-order valence-corrected chi connectivity index (χ4v) is 4.20. The number of carbonyl (C=O) groups is 2. The maximum Gasteiger partial charge on any atom is 0.327 e. The lowest BCUT2D eigenvalue weighted by atomic mass is 10.0. The summed E-state index contributed by atoms with van der Waals surface area (Å²) in [5, 5.41) is 9.37. The van der Waals surface area contributed by atoms with Crippen LogP contribution in [-0.2, 0) is 9.59 Å². The maximum atomic E-state index is 11.4. The van der Waals surface area contributed by atoms with Crippen LogP contribution in [0.3, 0.4) is 0 Å². The van der Waals surface area contributed by atoms with E-state index in [0.717, 1.165) is 25.7 Å². The molecular weight excluding hydrogens is 240 g/mol. The predicted molar refractivity (Wildman–Crippen MR) is 65.6 cm³/mol. The van der Waals surface area contributed by atoms with Crippen LogP contribution in [0, 0.1) is 0 Å². The third-order valence-electron chi connectivity index (χ3n) is 3.38. The van der Waals surface area contributed by atoms with Gasteiger partial charge < -0.3 is 15.7 Å². The molecule has 17 heavy (non-hydrogen) atoms. The van der Waals surface area contributed by atoms with Crippen LogP contribution in [0.2, 0.25) is 0 Å². The van der Waals surface area contributed by atoms with Crippen molar-refractivity contribution in [1.29, 1.82) is 0 Å². The SMILES string of the molecule is NCCCCCC1S[C@H]2CC(=O)N2C1C(=O)O. The summed E-state index contributed by atoms with van der Waals surface area (Å²) in [6, 6.07) is -0.607. The highest BCUT2D eigenvalue weighted by Gasteiger charge is 2.54. The van der Waals surface area contributed by atoms with Gasteiger partial charge in [0.05, 0.1) is 11.8 Å². The number of nitrogens with two attached hydrogens (primary N) is 1. The van der Waals surface area contributed by atoms with E-state index >= 15 is 0 Å². The molecule has 0 spiro atoms. The predicted octanol–water partition coefficient (Wildman–Crippen LogP) is 0.633. The molecule has 2 fully saturated rings. The van der Waals surface area contributed by atoms with E-state index in [9.17, 15) is 14.7 Å². The van der Waals surface area contributed by atoms with Gasteiger partial charge in [0.25, 0.3) is 0 Å². The Bertz CT molecular complexity index is 324. The fourth-order valence-electron chi connectivity index (χ4n) is 2.48. The molecule has 0 bridgehead atoms. The molecule has 2 aliphatic rings. The molecule has 6 heteroatoms. The minimum absolute atomic E-state index is 0.0145. The first-order chi connectivity index (χ1) is 8.15. The number of hydrogen-bond donors (Lipinski definition) is 2. The quantitative estimate of drug-likeness (QED) is 0.539. The summed E-state index contributed by atoms with van der Waals surface area (Å²) in [6.07, 6.45) is 4.39. The van der Waals surface area contributed by atoms with E-state index in [4.69, 9.17) is 5.73 Å². The van der Waals surface area contributed by atoms with Crippen LogP contribution in [0.1, 0.15) is 32.1 Å². The minimum Gasteiger partial charge on any atom is -0.480 e. The second-order valence-electron chi connectivity index (χ2n) is 4.56. The summed E-state index contributed by atoms with van der Waals surface area (Å²) in [6.45, 7) is 0.688. The zero-order chi connectivity index (χ0) is 12.4. The number of thioether (sulfide) groups is 1. The lowest BCUT2D eigenvalue weighted by Crippen LogP contribution is -2.55. The normalized spacial score (nSPS) is 31.2. The number of aliphatic carboxylic acids is 1. The van der Waals surface area contributed by atoms with Gasteiger partial charge in [-0.3, -0.25) is 4.79 Å². The largest absolute Gasteiger partial charge is 0.480 e. The Morgan fingerprint density at radius 2 is 2.24 bits per heavy atom. The zero-order valence-electron chi connectivity index (χ0n) is 9.67. The molecule has 96 valence electrons. The Labute approximate surface area is 105 Å². The molecule has 0 aromatic carbocycles. The van der Waals surface area contributed by atoms with Crippen molar-refractivity contribution in [2.75, 3.05) is 6.54 Å². The highest BCUT2D eigenvalue weighted by Crippen LogP contribution is 2.45. The third-order valence-corrected chi connectivity index (χ3v) is 4.93. The number of carboxylic acid groups (broad SMARTS) is 1. The molecule has 2 saturated heterocycles. The maximum absolute atomic E-state index is 11.4. The summed E-state index contributed by atoms with van der Waals surface area (Å²) in [5.74, 6) is -0.878. The van der Waals surface area contributed by atoms with Crippen LogP contribution in [0.25, 0.3) is 0 Å². The zero-order valence-corrected chi connectivity index (χ0v) is 10.5. The number of fused-ring (bicyclic) bond motifs is 1. The van der Waals surface area contributed by atoms with Crippen molar-refractivity contribution in [1.82, 2.24) is 4.90 Å². The molecular formula is C11H18N2O3S. The van der Waals surface area contributed by atoms with E-state index < -0.39 is 12.0 Å². The number of β-lactam (4-membered cyclic amide) rings is 1. The van der Waals surface area contributed by atoms with E-state index in [1.807, 2.05) is 0 Å². The summed E-state index contributed by atoms with van der Waals surface area (Å²) in [4.78, 5) is 24.1. The number of nitrogens with zero attached hydrogens (tertiary/aromatic N) is 1. The van der Waals surface area contributed by atoms with Gasteiger partial charge in [0.15, 0.2) is 0 Å². The first kappa shape index (κ1) is 12.7. The van der Waals surface area contributed by atoms with Gasteiger partial charge in [0.2, 0.25) is 5.91 Å². The molecule has 2 heterocycles. The highest BCUT2D eigenvalue weighted by molar-refractivity contribution is 8.01. The molecule has 0 aliphatic carbocycles. The van der Waals surface area contributed by atoms with Gasteiger partial charge in [-0.2, -0.15) is 0 Å². The number of unbranched alkanes of at least 4 members (excludes halogenated alkanes) is 2. The lowest BCUT2D eigenvalue weighted by Gasteiger charge is -2.35. The number of rotatable bonds is 6. The molecule has 3 N–H and O–H groups in total. The van der Waals surface area contributed by atoms with Gasteiger partial charge in [0.1, 0.15) is 6.04 Å². The van der Waals surface area contributed by atoms with Crippen LogP contribution < -0.4 is 5.73 Å². The van der Waals surface area contributed by atoms with Gasteiger partial charge in [-0.05, 0) is 19.4 Å². The van der Waals surface area contributed by atoms with Crippen LogP contribution in [0.4, 0.5) is 0 Å². The van der Waals surface area contributed by atoms with Crippen molar-refractivity contribution in [2.24, 2.45) is 5.73 Å². The van der Waals surface area contributed by atoms with Crippen molar-refractivity contribution in [3.05, 3.63) is 0 Å². The Morgan fingerprint density at radius 3 is 2.82 bits per heavy atom. The lowest BCUT2D eigenvalue weighted by molar-refractivity contribution is -0.156. The molecule has 2 aliphatic heterocycles. The van der Waals surface area contributed by atoms with Gasteiger partial charge >= 0.3 is 5.97 Å². The fraction of sp³-hybridized carbons (Fsp3) is 0.818. The number of carboxylic acids is 1. The summed E-state index contributed by atoms with van der Waals surface area (Å²) < 4.78 is 0. The van der Waals surface area contributed by atoms with E-state index in [0.29, 0.717) is 13.0 Å². The van der Waals surface area contributed by atoms with Gasteiger partial charge in [-0.15, -0.1) is 11.8 Å². The molecule has 3 atom stereocenters. The van der Waals surface area contributed by atoms with Crippen LogP contribution in [0.15, 0.2) is 0 Å². The molecule has 2 rings (SSSR count). The van der Waals surface area contributed by atoms with Crippen molar-refractivity contribution < 1.29 is 14.7 Å². The van der Waals surface area contributed by atoms with Crippen molar-refractivity contribution in [3.8, 4) is 0 Å². The number of carbonyl (C=O) groups excluding carboxylic acids is 1. The number of hydrogen-bond acceptors (Lipinski definition) is 4. The number of amides is 1. The molecule has 2 unspecified atom stereocenters. The van der Waals surface area contributed by atoms with Crippen LogP contribution >= 0.6 is 11.8 Å². The minimum atomic E-state index is -0.864. The second-order valence-corrected chi connectivity index (χ2v) is 5.98. The molecule has 5 nitrogen and oxygen atoms in total. The smallest absolute Gasteiger partial charge is 0.327 e. The first-order valence-corrected chi connectivity index (χ1v) is 6.99. The van der Waals surface area contributed by atoms with E-state index in [-0.39, 0.29) is 16.5 Å². The second kappa shape index (κ2) is 5.27. The van der Waals surface area contributed by atoms with Crippen LogP contribution in [-0.4, -0.2) is 45.1 Å². The molecule has 0 saturated carbocycles. The van der Waals surface area contributed by atoms with E-state index in [2.05, 4.69) is 0 Å². The van der Waals surface area contributed by atoms with Gasteiger partial charge in [-0.1, -0.05) is 12.8 Å². The monoisotopic (exact) mass is 258 g/mol. The van der Waals surface area contributed by atoms with Crippen molar-refractivity contribution in [3.63, 3.8) is 0 Å². The Morgan fingerprint density at radius 1 is 1.47 bits per heavy atom. The van der Waals surface area contributed by atoms with Gasteiger partial charge in [0, 0.05) is 5.25 Å². The summed E-state index contributed by atoms with van der Waals surface area (Å²) in [5.41, 5.74) is 5.42. The highest BCUT2D eigenvalue weighted by atomic mass is 32.2. The molecule has 1 amide bonds. The standard InChI is InChI=1S/C11H18N2O3S/c12-5-3-1-2-4-7-10(11(15)16)13-8(14)6-9(13)17-7/h7,9-10H,1-6,12H2,(H,15,16)/t7?,9-,10?/m0/s1. The van der Waals surface area contributed by atoms with E-state index in [1.54, 1.807) is 16.7 Å². The van der Waals surface area contributed by atoms with Crippen LogP contribution in [0.5, 0.6) is 0 Å². The Balaban J connectivity index is 1.88. The third kappa shape index (κ3) is 2.42. The van der Waals surface area contributed by atoms with E-state index in [1.165, 1.54) is 0 Å². The van der Waals surface area contributed by atoms with Crippen molar-refractivity contribution in [2.45, 2.75) is 48.8 Å².